The van der Waals surface area contributed by atoms with E-state index in [2.05, 4.69) is 59.4 Å². The number of hydrogen-bond donors (Lipinski definition) is 1. The Bertz CT molecular complexity index is 715. The molecule has 2 heterocycles. The smallest absolute Gasteiger partial charge is 0.142 e. The highest BCUT2D eigenvalue weighted by Gasteiger charge is 2.21. The van der Waals surface area contributed by atoms with Gasteiger partial charge in [-0.3, -0.25) is 0 Å². The molecule has 0 saturated carbocycles. The fraction of sp³-hybridized carbons (Fsp3) is 0.400. The van der Waals surface area contributed by atoms with Gasteiger partial charge in [-0.1, -0.05) is 32.0 Å². The van der Waals surface area contributed by atoms with Crippen molar-refractivity contribution >= 4 is 11.5 Å². The zero-order chi connectivity index (χ0) is 16.9. The highest BCUT2D eigenvalue weighted by atomic mass is 15.2. The molecule has 1 aromatic heterocycles. The van der Waals surface area contributed by atoms with Gasteiger partial charge in [0.15, 0.2) is 0 Å². The first-order chi connectivity index (χ1) is 11.7. The lowest BCUT2D eigenvalue weighted by atomic mass is 10.0. The van der Waals surface area contributed by atoms with Crippen LogP contribution in [0.5, 0.6) is 0 Å². The second-order valence-corrected chi connectivity index (χ2v) is 6.70. The lowest BCUT2D eigenvalue weighted by molar-refractivity contribution is 0.526. The third kappa shape index (κ3) is 3.86. The molecule has 24 heavy (non-hydrogen) atoms. The Labute approximate surface area is 144 Å². The number of hydrogen-bond acceptors (Lipinski definition) is 4. The van der Waals surface area contributed by atoms with Crippen molar-refractivity contribution in [2.75, 3.05) is 23.3 Å². The summed E-state index contributed by atoms with van der Waals surface area (Å²) in [4.78, 5) is 6.69. The molecule has 0 spiro atoms. The zero-order valence-corrected chi connectivity index (χ0v) is 14.4. The van der Waals surface area contributed by atoms with Crippen molar-refractivity contribution in [1.82, 2.24) is 4.98 Å². The molecule has 1 aliphatic rings. The Balaban J connectivity index is 1.66. The maximum absolute atomic E-state index is 9.03. The van der Waals surface area contributed by atoms with Crippen LogP contribution in [0.1, 0.15) is 43.9 Å². The Morgan fingerprint density at radius 2 is 2.00 bits per heavy atom. The average molecular weight is 320 g/mol. The molecule has 0 radical (unpaired) electrons. The Morgan fingerprint density at radius 3 is 2.71 bits per heavy atom. The molecule has 0 bridgehead atoms. The third-order valence-electron chi connectivity index (χ3n) is 4.54. The van der Waals surface area contributed by atoms with E-state index >= 15 is 0 Å². The van der Waals surface area contributed by atoms with Crippen LogP contribution in [0.2, 0.25) is 0 Å². The monoisotopic (exact) mass is 320 g/mol. The van der Waals surface area contributed by atoms with E-state index in [0.29, 0.717) is 17.7 Å². The lowest BCUT2D eigenvalue weighted by Gasteiger charge is -2.34. The third-order valence-corrected chi connectivity index (χ3v) is 4.54. The van der Waals surface area contributed by atoms with Gasteiger partial charge in [0.2, 0.25) is 0 Å². The number of aromatic nitrogens is 1. The SMILES string of the molecule is CC(C)c1ccc(NC2CCCN(c3cccc(C#N)n3)C2)cc1. The van der Waals surface area contributed by atoms with Crippen molar-refractivity contribution in [3.05, 3.63) is 53.7 Å². The van der Waals surface area contributed by atoms with Gasteiger partial charge >= 0.3 is 0 Å². The van der Waals surface area contributed by atoms with Crippen molar-refractivity contribution in [1.29, 1.82) is 5.26 Å². The Hall–Kier alpha value is -2.54. The van der Waals surface area contributed by atoms with Crippen molar-refractivity contribution in [2.24, 2.45) is 0 Å². The van der Waals surface area contributed by atoms with E-state index in [9.17, 15) is 0 Å². The van der Waals surface area contributed by atoms with Gasteiger partial charge in [-0.25, -0.2) is 4.98 Å². The van der Waals surface area contributed by atoms with Gasteiger partial charge in [0.25, 0.3) is 0 Å². The highest BCUT2D eigenvalue weighted by molar-refractivity contribution is 5.48. The van der Waals surface area contributed by atoms with Crippen molar-refractivity contribution in [3.8, 4) is 6.07 Å². The zero-order valence-electron chi connectivity index (χ0n) is 14.4. The Morgan fingerprint density at radius 1 is 1.21 bits per heavy atom. The molecule has 1 aliphatic heterocycles. The highest BCUT2D eigenvalue weighted by Crippen LogP contribution is 2.22. The number of rotatable bonds is 4. The molecule has 3 rings (SSSR count). The van der Waals surface area contributed by atoms with Crippen LogP contribution in [0.4, 0.5) is 11.5 Å². The minimum atomic E-state index is 0.399. The molecular formula is C20H24N4. The number of nitrogens with zero attached hydrogens (tertiary/aromatic N) is 3. The minimum absolute atomic E-state index is 0.399. The molecule has 4 nitrogen and oxygen atoms in total. The first-order valence-electron chi connectivity index (χ1n) is 8.64. The lowest BCUT2D eigenvalue weighted by Crippen LogP contribution is -2.42. The molecule has 4 heteroatoms. The van der Waals surface area contributed by atoms with Crippen LogP contribution in [0, 0.1) is 11.3 Å². The molecule has 0 amide bonds. The van der Waals surface area contributed by atoms with Gasteiger partial charge in [-0.05, 0) is 48.6 Å². The molecule has 0 aliphatic carbocycles. The molecule has 1 unspecified atom stereocenters. The first-order valence-corrected chi connectivity index (χ1v) is 8.64. The van der Waals surface area contributed by atoms with Crippen LogP contribution in [-0.2, 0) is 0 Å². The van der Waals surface area contributed by atoms with E-state index in [1.807, 2.05) is 12.1 Å². The number of anilines is 2. The first kappa shape index (κ1) is 16.3. The number of benzene rings is 1. The van der Waals surface area contributed by atoms with Gasteiger partial charge in [0.05, 0.1) is 0 Å². The second-order valence-electron chi connectivity index (χ2n) is 6.70. The summed E-state index contributed by atoms with van der Waals surface area (Å²) in [5.41, 5.74) is 3.01. The van der Waals surface area contributed by atoms with Crippen molar-refractivity contribution < 1.29 is 0 Å². The van der Waals surface area contributed by atoms with E-state index in [4.69, 9.17) is 5.26 Å². The summed E-state index contributed by atoms with van der Waals surface area (Å²) in [6.45, 7) is 6.33. The quantitative estimate of drug-likeness (QED) is 0.919. The molecular weight excluding hydrogens is 296 g/mol. The van der Waals surface area contributed by atoms with Crippen LogP contribution < -0.4 is 10.2 Å². The number of nitriles is 1. The second kappa shape index (κ2) is 7.35. The summed E-state index contributed by atoms with van der Waals surface area (Å²) < 4.78 is 0. The van der Waals surface area contributed by atoms with Crippen LogP contribution in [-0.4, -0.2) is 24.1 Å². The summed E-state index contributed by atoms with van der Waals surface area (Å²) in [5.74, 6) is 1.46. The minimum Gasteiger partial charge on any atom is -0.381 e. The van der Waals surface area contributed by atoms with Crippen LogP contribution in [0.25, 0.3) is 0 Å². The standard InChI is InChI=1S/C20H24N4/c1-15(2)16-8-10-17(11-9-16)22-19-6-4-12-24(14-19)20-7-3-5-18(13-21)23-20/h3,5,7-11,15,19,22H,4,6,12,14H2,1-2H3. The summed E-state index contributed by atoms with van der Waals surface area (Å²) in [5, 5.41) is 12.7. The average Bonchev–Trinajstić information content (AvgIpc) is 2.62. The molecule has 1 saturated heterocycles. The van der Waals surface area contributed by atoms with E-state index in [1.165, 1.54) is 11.3 Å². The molecule has 1 fully saturated rings. The van der Waals surface area contributed by atoms with Crippen LogP contribution in [0.3, 0.4) is 0 Å². The molecule has 1 N–H and O–H groups in total. The largest absolute Gasteiger partial charge is 0.381 e. The van der Waals surface area contributed by atoms with E-state index in [0.717, 1.165) is 31.7 Å². The van der Waals surface area contributed by atoms with Gasteiger partial charge in [0.1, 0.15) is 17.6 Å². The molecule has 1 atom stereocenters. The molecule has 2 aromatic rings. The number of nitrogens with one attached hydrogen (secondary N) is 1. The number of piperidine rings is 1. The maximum atomic E-state index is 9.03. The fourth-order valence-electron chi connectivity index (χ4n) is 3.16. The Kier molecular flexibility index (Phi) is 5.00. The van der Waals surface area contributed by atoms with E-state index in [1.54, 1.807) is 6.07 Å². The topological polar surface area (TPSA) is 52.0 Å². The van der Waals surface area contributed by atoms with Gasteiger partial charge in [0, 0.05) is 24.8 Å². The normalized spacial score (nSPS) is 17.6. The van der Waals surface area contributed by atoms with Crippen LogP contribution in [0.15, 0.2) is 42.5 Å². The predicted molar refractivity (Wildman–Crippen MR) is 98.3 cm³/mol. The fourth-order valence-corrected chi connectivity index (χ4v) is 3.16. The van der Waals surface area contributed by atoms with Crippen LogP contribution >= 0.6 is 0 Å². The van der Waals surface area contributed by atoms with Gasteiger partial charge in [-0.2, -0.15) is 5.26 Å². The van der Waals surface area contributed by atoms with Crippen molar-refractivity contribution in [3.63, 3.8) is 0 Å². The van der Waals surface area contributed by atoms with E-state index in [-0.39, 0.29) is 0 Å². The molecule has 124 valence electrons. The van der Waals surface area contributed by atoms with Gasteiger partial charge < -0.3 is 10.2 Å². The van der Waals surface area contributed by atoms with E-state index < -0.39 is 0 Å². The van der Waals surface area contributed by atoms with Crippen molar-refractivity contribution in [2.45, 2.75) is 38.6 Å². The summed E-state index contributed by atoms with van der Waals surface area (Å²) >= 11 is 0. The van der Waals surface area contributed by atoms with Gasteiger partial charge in [-0.15, -0.1) is 0 Å². The predicted octanol–water partition coefficient (Wildman–Crippen LogP) is 4.16. The summed E-state index contributed by atoms with van der Waals surface area (Å²) in [6.07, 6.45) is 2.28. The summed E-state index contributed by atoms with van der Waals surface area (Å²) in [7, 11) is 0. The maximum Gasteiger partial charge on any atom is 0.142 e. The molecule has 1 aromatic carbocycles. The summed E-state index contributed by atoms with van der Waals surface area (Å²) in [6, 6.07) is 16.9. The number of pyridine rings is 1.